The Morgan fingerprint density at radius 3 is 2.48 bits per heavy atom. The molecule has 0 radical (unpaired) electrons. The third kappa shape index (κ3) is 2.59. The summed E-state index contributed by atoms with van der Waals surface area (Å²) < 4.78 is 4.49. The van der Waals surface area contributed by atoms with E-state index in [-0.39, 0.29) is 18.1 Å². The lowest BCUT2D eigenvalue weighted by Crippen LogP contribution is -2.40. The van der Waals surface area contributed by atoms with Crippen molar-refractivity contribution in [3.05, 3.63) is 55.7 Å². The van der Waals surface area contributed by atoms with Crippen molar-refractivity contribution in [2.24, 2.45) is 12.1 Å². The van der Waals surface area contributed by atoms with E-state index in [1.807, 2.05) is 18.4 Å². The van der Waals surface area contributed by atoms with Crippen molar-refractivity contribution in [1.29, 1.82) is 0 Å². The molecule has 1 atom stereocenters. The van der Waals surface area contributed by atoms with Crippen molar-refractivity contribution in [2.45, 2.75) is 26.4 Å². The molecule has 27 heavy (non-hydrogen) atoms. The molecule has 0 spiro atoms. The lowest BCUT2D eigenvalue weighted by molar-refractivity contribution is 0.638. The molecule has 2 aromatic heterocycles. The van der Waals surface area contributed by atoms with E-state index in [1.165, 1.54) is 9.13 Å². The number of benzene rings is 1. The van der Waals surface area contributed by atoms with Crippen molar-refractivity contribution < 1.29 is 0 Å². The van der Waals surface area contributed by atoms with Crippen LogP contribution >= 0.6 is 11.6 Å². The predicted octanol–water partition coefficient (Wildman–Crippen LogP) is 1.99. The van der Waals surface area contributed by atoms with Crippen LogP contribution in [0.4, 0.5) is 5.95 Å². The SMILES string of the molecule is CC1=NN(C)c2nc3c(c(=O)n(Cc4ccc(Cl)cc4)c(=O)n3C)n2[C@@H]1C. The first kappa shape index (κ1) is 17.5. The molecule has 0 aliphatic carbocycles. The summed E-state index contributed by atoms with van der Waals surface area (Å²) in [6.07, 6.45) is 0. The molecule has 0 N–H and O–H groups in total. The highest BCUT2D eigenvalue weighted by Crippen LogP contribution is 2.28. The highest BCUT2D eigenvalue weighted by atomic mass is 35.5. The first-order valence-electron chi connectivity index (χ1n) is 8.54. The van der Waals surface area contributed by atoms with Crippen LogP contribution in [0.2, 0.25) is 5.02 Å². The van der Waals surface area contributed by atoms with E-state index in [0.29, 0.717) is 22.1 Å². The van der Waals surface area contributed by atoms with Crippen molar-refractivity contribution >= 4 is 34.4 Å². The van der Waals surface area contributed by atoms with Crippen LogP contribution in [0.5, 0.6) is 0 Å². The van der Waals surface area contributed by atoms with Gasteiger partial charge < -0.3 is 0 Å². The van der Waals surface area contributed by atoms with Gasteiger partial charge in [0, 0.05) is 19.1 Å². The maximum Gasteiger partial charge on any atom is 0.332 e. The summed E-state index contributed by atoms with van der Waals surface area (Å²) in [6, 6.07) is 6.95. The molecule has 9 heteroatoms. The van der Waals surface area contributed by atoms with E-state index in [0.717, 1.165) is 11.3 Å². The summed E-state index contributed by atoms with van der Waals surface area (Å²) in [4.78, 5) is 30.6. The van der Waals surface area contributed by atoms with Crippen LogP contribution < -0.4 is 16.3 Å². The van der Waals surface area contributed by atoms with Gasteiger partial charge in [-0.2, -0.15) is 10.1 Å². The van der Waals surface area contributed by atoms with Crippen LogP contribution in [0.1, 0.15) is 25.5 Å². The number of halogens is 1. The van der Waals surface area contributed by atoms with Gasteiger partial charge in [0.1, 0.15) is 0 Å². The normalized spacial score (nSPS) is 16.6. The third-order valence-electron chi connectivity index (χ3n) is 5.00. The fourth-order valence-corrected chi connectivity index (χ4v) is 3.51. The summed E-state index contributed by atoms with van der Waals surface area (Å²) in [5, 5.41) is 6.67. The Hall–Kier alpha value is -2.87. The van der Waals surface area contributed by atoms with E-state index in [2.05, 4.69) is 10.1 Å². The standard InChI is InChI=1S/C18H19ClN6O2/c1-10-11(2)25-14-15(20-17(25)23(4)21-10)22(3)18(27)24(16(14)26)9-12-5-7-13(19)8-6-12/h5-8,11H,9H2,1-4H3/t11-/m1/s1. The number of aryl methyl sites for hydroxylation is 1. The Morgan fingerprint density at radius 1 is 1.15 bits per heavy atom. The average Bonchev–Trinajstić information content (AvgIpc) is 3.05. The van der Waals surface area contributed by atoms with Gasteiger partial charge in [0.25, 0.3) is 5.56 Å². The summed E-state index contributed by atoms with van der Waals surface area (Å²) in [5.74, 6) is 0.541. The van der Waals surface area contributed by atoms with Gasteiger partial charge in [-0.1, -0.05) is 23.7 Å². The van der Waals surface area contributed by atoms with Crippen LogP contribution in [0.25, 0.3) is 11.2 Å². The van der Waals surface area contributed by atoms with Crippen molar-refractivity contribution in [3.63, 3.8) is 0 Å². The number of fused-ring (bicyclic) bond motifs is 3. The molecule has 0 saturated heterocycles. The third-order valence-corrected chi connectivity index (χ3v) is 5.25. The summed E-state index contributed by atoms with van der Waals surface area (Å²) >= 11 is 5.93. The van der Waals surface area contributed by atoms with Crippen molar-refractivity contribution in [3.8, 4) is 0 Å². The Morgan fingerprint density at radius 2 is 1.81 bits per heavy atom. The molecule has 4 rings (SSSR count). The molecule has 1 aliphatic rings. The van der Waals surface area contributed by atoms with E-state index in [9.17, 15) is 9.59 Å². The molecule has 0 fully saturated rings. The minimum atomic E-state index is -0.411. The largest absolute Gasteiger partial charge is 0.332 e. The number of rotatable bonds is 2. The second-order valence-corrected chi connectivity index (χ2v) is 7.19. The Labute approximate surface area is 159 Å². The van der Waals surface area contributed by atoms with E-state index in [1.54, 1.807) is 43.4 Å². The maximum atomic E-state index is 13.3. The molecule has 0 saturated carbocycles. The Kier molecular flexibility index (Phi) is 3.96. The minimum Gasteiger partial charge on any atom is -0.294 e. The Balaban J connectivity index is 1.99. The highest BCUT2D eigenvalue weighted by molar-refractivity contribution is 6.30. The van der Waals surface area contributed by atoms with Gasteiger partial charge in [0.2, 0.25) is 5.95 Å². The number of hydrogen-bond donors (Lipinski definition) is 0. The number of aromatic nitrogens is 4. The first-order chi connectivity index (χ1) is 12.8. The number of hydrogen-bond acceptors (Lipinski definition) is 5. The molecule has 0 amide bonds. The minimum absolute atomic E-state index is 0.129. The quantitative estimate of drug-likeness (QED) is 0.674. The number of anilines is 1. The van der Waals surface area contributed by atoms with Gasteiger partial charge in [-0.05, 0) is 31.5 Å². The lowest BCUT2D eigenvalue weighted by Gasteiger charge is -2.26. The van der Waals surface area contributed by atoms with E-state index >= 15 is 0 Å². The predicted molar refractivity (Wildman–Crippen MR) is 106 cm³/mol. The van der Waals surface area contributed by atoms with Crippen LogP contribution in [0.3, 0.4) is 0 Å². The molecule has 3 heterocycles. The molecule has 1 aromatic carbocycles. The van der Waals surface area contributed by atoms with E-state index in [4.69, 9.17) is 11.6 Å². The number of hydrazone groups is 1. The fraction of sp³-hybridized carbons (Fsp3) is 0.333. The van der Waals surface area contributed by atoms with Crippen LogP contribution in [-0.4, -0.2) is 31.4 Å². The molecule has 8 nitrogen and oxygen atoms in total. The molecule has 140 valence electrons. The van der Waals surface area contributed by atoms with Crippen LogP contribution in [0.15, 0.2) is 39.0 Å². The molecule has 1 aliphatic heterocycles. The second kappa shape index (κ2) is 6.09. The monoisotopic (exact) mass is 386 g/mol. The van der Waals surface area contributed by atoms with Gasteiger partial charge in [-0.25, -0.2) is 9.80 Å². The zero-order valence-electron chi connectivity index (χ0n) is 15.5. The van der Waals surface area contributed by atoms with Crippen molar-refractivity contribution in [1.82, 2.24) is 18.7 Å². The van der Waals surface area contributed by atoms with Gasteiger partial charge in [0.15, 0.2) is 11.2 Å². The summed E-state index contributed by atoms with van der Waals surface area (Å²) in [5.41, 5.74) is 1.66. The first-order valence-corrected chi connectivity index (χ1v) is 8.92. The summed E-state index contributed by atoms with van der Waals surface area (Å²) in [7, 11) is 3.40. The van der Waals surface area contributed by atoms with Gasteiger partial charge in [0.05, 0.1) is 18.3 Å². The summed E-state index contributed by atoms with van der Waals surface area (Å²) in [6.45, 7) is 4.03. The average molecular weight is 387 g/mol. The lowest BCUT2D eigenvalue weighted by atomic mass is 10.2. The number of imidazole rings is 1. The molecular weight excluding hydrogens is 368 g/mol. The van der Waals surface area contributed by atoms with E-state index < -0.39 is 5.69 Å². The molecular formula is C18H19ClN6O2. The number of nitrogens with zero attached hydrogens (tertiary/aromatic N) is 6. The maximum absolute atomic E-state index is 13.3. The zero-order chi connectivity index (χ0) is 19.5. The highest BCUT2D eigenvalue weighted by Gasteiger charge is 2.29. The zero-order valence-corrected chi connectivity index (χ0v) is 16.2. The van der Waals surface area contributed by atoms with Crippen LogP contribution in [-0.2, 0) is 13.6 Å². The molecule has 0 bridgehead atoms. The van der Waals surface area contributed by atoms with Crippen LogP contribution in [0, 0.1) is 0 Å². The fourth-order valence-electron chi connectivity index (χ4n) is 3.39. The Bertz CT molecular complexity index is 1200. The van der Waals surface area contributed by atoms with Crippen molar-refractivity contribution in [2.75, 3.05) is 12.1 Å². The topological polar surface area (TPSA) is 77.4 Å². The van der Waals surface area contributed by atoms with Gasteiger partial charge in [-0.15, -0.1) is 0 Å². The second-order valence-electron chi connectivity index (χ2n) is 6.75. The molecule has 0 unspecified atom stereocenters. The molecule has 3 aromatic rings. The van der Waals surface area contributed by atoms with Gasteiger partial charge in [-0.3, -0.25) is 18.5 Å². The smallest absolute Gasteiger partial charge is 0.294 e. The van der Waals surface area contributed by atoms with Gasteiger partial charge >= 0.3 is 5.69 Å².